The molecule has 1 heterocycles. The molecule has 1 fully saturated rings. The van der Waals surface area contributed by atoms with Crippen molar-refractivity contribution >= 4 is 27.5 Å². The van der Waals surface area contributed by atoms with E-state index < -0.39 is 10.2 Å². The molecule has 1 aromatic rings. The molecule has 0 saturated carbocycles. The Hall–Kier alpha value is -0.820. The van der Waals surface area contributed by atoms with E-state index in [0.29, 0.717) is 31.2 Å². The third kappa shape index (κ3) is 2.95. The fourth-order valence-electron chi connectivity index (χ4n) is 1.80. The summed E-state index contributed by atoms with van der Waals surface area (Å²) >= 11 is 5.78. The van der Waals surface area contributed by atoms with Gasteiger partial charge in [0.2, 0.25) is 0 Å². The van der Waals surface area contributed by atoms with Crippen LogP contribution in [-0.4, -0.2) is 50.3 Å². The first-order valence-electron chi connectivity index (χ1n) is 5.71. The van der Waals surface area contributed by atoms with Gasteiger partial charge >= 0.3 is 0 Å². The highest BCUT2D eigenvalue weighted by molar-refractivity contribution is 7.87. The van der Waals surface area contributed by atoms with E-state index in [2.05, 4.69) is 5.32 Å². The molecule has 0 radical (unpaired) electrons. The van der Waals surface area contributed by atoms with Crippen molar-refractivity contribution in [3.8, 4) is 0 Å². The maximum atomic E-state index is 11.8. The number of hydrogen-bond acceptors (Lipinski definition) is 3. The van der Waals surface area contributed by atoms with Crippen molar-refractivity contribution in [1.29, 1.82) is 0 Å². The van der Waals surface area contributed by atoms with Gasteiger partial charge in [0.1, 0.15) is 0 Å². The van der Waals surface area contributed by atoms with Crippen molar-refractivity contribution in [2.75, 3.05) is 38.5 Å². The number of hydrogen-bond donors (Lipinski definition) is 1. The monoisotopic (exact) mass is 289 g/mol. The van der Waals surface area contributed by atoms with Crippen LogP contribution in [0.15, 0.2) is 24.3 Å². The van der Waals surface area contributed by atoms with E-state index in [4.69, 9.17) is 11.6 Å². The number of benzene rings is 1. The second kappa shape index (κ2) is 5.44. The lowest BCUT2D eigenvalue weighted by atomic mass is 10.3. The largest absolute Gasteiger partial charge is 0.384 e. The summed E-state index contributed by atoms with van der Waals surface area (Å²) in [5, 5.41) is 3.85. The highest BCUT2D eigenvalue weighted by Gasteiger charge is 2.32. The molecule has 1 aliphatic rings. The van der Waals surface area contributed by atoms with Crippen molar-refractivity contribution in [3.05, 3.63) is 29.3 Å². The Balaban J connectivity index is 1.84. The minimum atomic E-state index is -3.22. The summed E-state index contributed by atoms with van der Waals surface area (Å²) in [6, 6.07) is 7.33. The lowest BCUT2D eigenvalue weighted by molar-refractivity contribution is 0.460. The van der Waals surface area contributed by atoms with E-state index in [0.717, 1.165) is 5.69 Å². The molecule has 7 heteroatoms. The molecular weight excluding hydrogens is 274 g/mol. The van der Waals surface area contributed by atoms with E-state index >= 15 is 0 Å². The van der Waals surface area contributed by atoms with E-state index in [1.165, 1.54) is 8.61 Å². The maximum absolute atomic E-state index is 11.8. The van der Waals surface area contributed by atoms with E-state index in [1.807, 2.05) is 12.1 Å². The topological polar surface area (TPSA) is 52.6 Å². The number of likely N-dealkylation sites (N-methyl/N-ethyl adjacent to an activating group) is 1. The van der Waals surface area contributed by atoms with Crippen LogP contribution in [0.2, 0.25) is 5.02 Å². The van der Waals surface area contributed by atoms with Gasteiger partial charge in [-0.25, -0.2) is 0 Å². The van der Waals surface area contributed by atoms with Crippen LogP contribution in [0.4, 0.5) is 5.69 Å². The van der Waals surface area contributed by atoms with Crippen LogP contribution in [0.5, 0.6) is 0 Å². The van der Waals surface area contributed by atoms with Gasteiger partial charge in [0, 0.05) is 43.9 Å². The second-order valence-electron chi connectivity index (χ2n) is 4.16. The van der Waals surface area contributed by atoms with Crippen molar-refractivity contribution in [3.63, 3.8) is 0 Å². The van der Waals surface area contributed by atoms with Crippen molar-refractivity contribution < 1.29 is 8.42 Å². The molecule has 5 nitrogen and oxygen atoms in total. The Morgan fingerprint density at radius 1 is 1.28 bits per heavy atom. The van der Waals surface area contributed by atoms with Crippen LogP contribution in [0.3, 0.4) is 0 Å². The van der Waals surface area contributed by atoms with Gasteiger partial charge in [0.15, 0.2) is 0 Å². The number of nitrogens with one attached hydrogen (secondary N) is 1. The zero-order valence-corrected chi connectivity index (χ0v) is 11.7. The van der Waals surface area contributed by atoms with Crippen molar-refractivity contribution in [2.24, 2.45) is 0 Å². The lowest BCUT2D eigenvalue weighted by Gasteiger charge is -2.16. The highest BCUT2D eigenvalue weighted by Crippen LogP contribution is 2.15. The van der Waals surface area contributed by atoms with Gasteiger partial charge in [-0.3, -0.25) is 0 Å². The number of rotatable bonds is 4. The molecule has 2 rings (SSSR count). The summed E-state index contributed by atoms with van der Waals surface area (Å²) in [5.41, 5.74) is 0.935. The lowest BCUT2D eigenvalue weighted by Crippen LogP contribution is -2.34. The average Bonchev–Trinajstić information content (AvgIpc) is 2.58. The van der Waals surface area contributed by atoms with Gasteiger partial charge in [-0.15, -0.1) is 0 Å². The molecule has 0 amide bonds. The summed E-state index contributed by atoms with van der Waals surface area (Å²) in [4.78, 5) is 0. The first kappa shape index (κ1) is 13.6. The fraction of sp³-hybridized carbons (Fsp3) is 0.455. The van der Waals surface area contributed by atoms with Gasteiger partial charge in [-0.05, 0) is 24.3 Å². The smallest absolute Gasteiger partial charge is 0.281 e. The second-order valence-corrected chi connectivity index (χ2v) is 6.63. The summed E-state index contributed by atoms with van der Waals surface area (Å²) < 4.78 is 26.4. The molecular formula is C11H16ClN3O2S. The predicted molar refractivity (Wildman–Crippen MR) is 73.1 cm³/mol. The van der Waals surface area contributed by atoms with Gasteiger partial charge in [0.25, 0.3) is 10.2 Å². The van der Waals surface area contributed by atoms with Crippen molar-refractivity contribution in [2.45, 2.75) is 0 Å². The zero-order chi connectivity index (χ0) is 13.2. The van der Waals surface area contributed by atoms with Crippen LogP contribution >= 0.6 is 11.6 Å². The maximum Gasteiger partial charge on any atom is 0.281 e. The zero-order valence-electron chi connectivity index (χ0n) is 10.1. The minimum absolute atomic E-state index is 0.468. The first-order chi connectivity index (χ1) is 8.50. The molecule has 0 atom stereocenters. The number of nitrogens with zero attached hydrogens (tertiary/aromatic N) is 2. The minimum Gasteiger partial charge on any atom is -0.384 e. The third-order valence-corrected chi connectivity index (χ3v) is 5.16. The van der Waals surface area contributed by atoms with Gasteiger partial charge in [-0.1, -0.05) is 11.6 Å². The normalized spacial score (nSPS) is 20.1. The molecule has 0 bridgehead atoms. The predicted octanol–water partition coefficient (Wildman–Crippen LogP) is 1.24. The number of halogens is 1. The Labute approximate surface area is 113 Å². The molecule has 1 saturated heterocycles. The third-order valence-electron chi connectivity index (χ3n) is 2.92. The van der Waals surface area contributed by atoms with Crippen LogP contribution in [-0.2, 0) is 10.2 Å². The molecule has 100 valence electrons. The SMILES string of the molecule is CN1CCN(CCNc2ccc(Cl)cc2)S1(=O)=O. The summed E-state index contributed by atoms with van der Waals surface area (Å²) in [6.45, 7) is 2.16. The summed E-state index contributed by atoms with van der Waals surface area (Å²) in [5.74, 6) is 0. The molecule has 0 unspecified atom stereocenters. The van der Waals surface area contributed by atoms with Crippen LogP contribution < -0.4 is 5.32 Å². The molecule has 1 aromatic carbocycles. The van der Waals surface area contributed by atoms with E-state index in [1.54, 1.807) is 19.2 Å². The van der Waals surface area contributed by atoms with E-state index in [9.17, 15) is 8.42 Å². The number of anilines is 1. The molecule has 0 aromatic heterocycles. The Morgan fingerprint density at radius 2 is 1.94 bits per heavy atom. The molecule has 18 heavy (non-hydrogen) atoms. The van der Waals surface area contributed by atoms with Gasteiger partial charge in [0.05, 0.1) is 0 Å². The van der Waals surface area contributed by atoms with E-state index in [-0.39, 0.29) is 0 Å². The Morgan fingerprint density at radius 3 is 2.50 bits per heavy atom. The Bertz CT molecular complexity index is 504. The van der Waals surface area contributed by atoms with Crippen molar-refractivity contribution in [1.82, 2.24) is 8.61 Å². The standard InChI is InChI=1S/C11H16ClN3O2S/c1-14-8-9-15(18(14,16)17)7-6-13-11-4-2-10(12)3-5-11/h2-5,13H,6-9H2,1H3. The summed E-state index contributed by atoms with van der Waals surface area (Å²) in [6.07, 6.45) is 0. The Kier molecular flexibility index (Phi) is 4.11. The van der Waals surface area contributed by atoms with Crippen LogP contribution in [0.25, 0.3) is 0 Å². The highest BCUT2D eigenvalue weighted by atomic mass is 35.5. The van der Waals surface area contributed by atoms with Gasteiger partial charge in [-0.2, -0.15) is 17.0 Å². The summed E-state index contributed by atoms with van der Waals surface area (Å²) in [7, 11) is -1.62. The van der Waals surface area contributed by atoms with Crippen LogP contribution in [0, 0.1) is 0 Å². The molecule has 0 aliphatic carbocycles. The quantitative estimate of drug-likeness (QED) is 0.907. The fourth-order valence-corrected chi connectivity index (χ4v) is 3.27. The van der Waals surface area contributed by atoms with Gasteiger partial charge < -0.3 is 5.32 Å². The molecule has 1 aliphatic heterocycles. The molecule has 0 spiro atoms. The molecule has 1 N–H and O–H groups in total. The van der Waals surface area contributed by atoms with Crippen LogP contribution in [0.1, 0.15) is 0 Å². The average molecular weight is 290 g/mol. The first-order valence-corrected chi connectivity index (χ1v) is 7.48.